The van der Waals surface area contributed by atoms with Crippen LogP contribution in [0.5, 0.6) is 0 Å². The molecule has 15 heteroatoms. The van der Waals surface area contributed by atoms with Gasteiger partial charge in [0.2, 0.25) is 11.8 Å². The Morgan fingerprint density at radius 1 is 0.887 bits per heavy atom. The molecule has 4 atom stereocenters. The highest BCUT2D eigenvalue weighted by molar-refractivity contribution is 5.91. The van der Waals surface area contributed by atoms with E-state index in [0.717, 1.165) is 62.8 Å². The molecule has 5 aromatic rings. The summed E-state index contributed by atoms with van der Waals surface area (Å²) in [6.45, 7) is 12.6. The van der Waals surface area contributed by atoms with Gasteiger partial charge in [-0.3, -0.25) is 9.59 Å². The Morgan fingerprint density at radius 3 is 2.11 bits per heavy atom. The Bertz CT molecular complexity index is 2530. The third-order valence-electron chi connectivity index (χ3n) is 12.0. The van der Waals surface area contributed by atoms with Crippen molar-refractivity contribution in [1.82, 2.24) is 40.4 Å². The van der Waals surface area contributed by atoms with Gasteiger partial charge in [0.15, 0.2) is 0 Å². The summed E-state index contributed by atoms with van der Waals surface area (Å²) < 4.78 is 9.51. The Kier molecular flexibility index (Phi) is 12.5. The minimum atomic E-state index is -0.802. The number of methoxy groups -OCH3 is 2. The molecule has 62 heavy (non-hydrogen) atoms. The molecule has 7 rings (SSSR count). The fourth-order valence-electron chi connectivity index (χ4n) is 8.21. The van der Waals surface area contributed by atoms with E-state index in [1.807, 2.05) is 36.9 Å². The van der Waals surface area contributed by atoms with Gasteiger partial charge in [-0.15, -0.1) is 0 Å². The van der Waals surface area contributed by atoms with Crippen molar-refractivity contribution in [2.24, 2.45) is 17.3 Å². The van der Waals surface area contributed by atoms with E-state index >= 15 is 0 Å². The number of hydrogen-bond donors (Lipinski definition) is 4. The van der Waals surface area contributed by atoms with Crippen molar-refractivity contribution in [2.75, 3.05) is 27.3 Å². The Hall–Kier alpha value is -6.95. The largest absolute Gasteiger partial charge is 0.453 e. The lowest BCUT2D eigenvalue weighted by Crippen LogP contribution is -2.51. The second kappa shape index (κ2) is 18.0. The van der Waals surface area contributed by atoms with Crippen LogP contribution in [0.25, 0.3) is 44.4 Å². The predicted octanol–water partition coefficient (Wildman–Crippen LogP) is 7.51. The van der Waals surface area contributed by atoms with Crippen LogP contribution >= 0.6 is 0 Å². The third-order valence-corrected chi connectivity index (χ3v) is 12.0. The number of likely N-dealkylation sites (tertiary alicyclic amines) is 1. The number of nitrogens with zero attached hydrogens (tertiary/aromatic N) is 5. The van der Waals surface area contributed by atoms with Crippen LogP contribution in [-0.2, 0) is 25.6 Å². The molecule has 1 spiro atoms. The maximum atomic E-state index is 14.0. The summed E-state index contributed by atoms with van der Waals surface area (Å²) in [7, 11) is 2.53. The highest BCUT2D eigenvalue weighted by atomic mass is 16.5. The van der Waals surface area contributed by atoms with Crippen molar-refractivity contribution >= 4 is 34.8 Å². The van der Waals surface area contributed by atoms with Crippen molar-refractivity contribution in [3.8, 4) is 39.7 Å². The number of carbonyl (C=O) groups excluding carboxylic acids is 4. The monoisotopic (exact) mass is 839 g/mol. The summed E-state index contributed by atoms with van der Waals surface area (Å²) in [5, 5.41) is 16.9. The fourth-order valence-corrected chi connectivity index (χ4v) is 8.21. The number of amides is 4. The van der Waals surface area contributed by atoms with Crippen molar-refractivity contribution in [3.05, 3.63) is 96.9 Å². The summed E-state index contributed by atoms with van der Waals surface area (Å²) in [5.74, 6) is 0.111. The lowest BCUT2D eigenvalue weighted by molar-refractivity contribution is -0.135. The average Bonchev–Trinajstić information content (AvgIpc) is 3.53. The quantitative estimate of drug-likeness (QED) is 0.0818. The average molecular weight is 840 g/mol. The van der Waals surface area contributed by atoms with E-state index in [1.54, 1.807) is 26.2 Å². The van der Waals surface area contributed by atoms with Crippen LogP contribution in [0.2, 0.25) is 0 Å². The molecule has 1 saturated carbocycles. The first kappa shape index (κ1) is 43.1. The SMILES string of the molecule is C=C1[C@@H](c2ncc(-c3ccc(-c4ccc5cc(-c6cnc(CN(C[C@H](C)C#N)C(=O)[C@H](CC)NC(=O)OC)[nH]6)ccc5c4)cc3)[nH]2)N(C(=O)[C@@H](NC(=O)OC)C(C)C)CC12CC2. The van der Waals surface area contributed by atoms with Crippen LogP contribution in [-0.4, -0.2) is 93.1 Å². The number of ether oxygens (including phenoxy) is 2. The van der Waals surface area contributed by atoms with E-state index in [4.69, 9.17) is 14.5 Å². The van der Waals surface area contributed by atoms with Crippen molar-refractivity contribution < 1.29 is 28.7 Å². The molecule has 4 N–H and O–H groups in total. The molecule has 2 fully saturated rings. The molecule has 1 aliphatic carbocycles. The Balaban J connectivity index is 1.05. The van der Waals surface area contributed by atoms with Crippen molar-refractivity contribution in [1.29, 1.82) is 5.26 Å². The number of imidazole rings is 2. The Morgan fingerprint density at radius 2 is 1.48 bits per heavy atom. The van der Waals surface area contributed by atoms with E-state index in [1.165, 1.54) is 19.1 Å². The number of benzene rings is 3. The van der Waals surface area contributed by atoms with Gasteiger partial charge in [0.05, 0.1) is 56.5 Å². The topological polar surface area (TPSA) is 198 Å². The first-order chi connectivity index (χ1) is 29.8. The molecule has 0 radical (unpaired) electrons. The summed E-state index contributed by atoms with van der Waals surface area (Å²) in [6, 6.07) is 20.9. The summed E-state index contributed by atoms with van der Waals surface area (Å²) >= 11 is 0. The number of H-pyrrole nitrogens is 2. The zero-order valence-electron chi connectivity index (χ0n) is 36.0. The molecule has 4 amide bonds. The number of aromatic amines is 2. The molecule has 2 aliphatic rings. The number of carbonyl (C=O) groups is 4. The van der Waals surface area contributed by atoms with Crippen molar-refractivity contribution in [2.45, 2.75) is 71.6 Å². The lowest BCUT2D eigenvalue weighted by Gasteiger charge is -2.30. The first-order valence-corrected chi connectivity index (χ1v) is 20.9. The second-order valence-electron chi connectivity index (χ2n) is 16.7. The minimum Gasteiger partial charge on any atom is -0.453 e. The molecule has 0 bridgehead atoms. The van der Waals surface area contributed by atoms with Gasteiger partial charge >= 0.3 is 12.2 Å². The summed E-state index contributed by atoms with van der Waals surface area (Å²) in [6.07, 6.45) is 4.46. The van der Waals surface area contributed by atoms with Crippen LogP contribution < -0.4 is 10.6 Å². The summed E-state index contributed by atoms with van der Waals surface area (Å²) in [5.41, 5.74) is 6.42. The minimum absolute atomic E-state index is 0.123. The van der Waals surface area contributed by atoms with E-state index in [9.17, 15) is 24.4 Å². The number of hydrogen-bond acceptors (Lipinski definition) is 9. The molecule has 1 saturated heterocycles. The van der Waals surface area contributed by atoms with Gasteiger partial charge in [0.25, 0.3) is 0 Å². The van der Waals surface area contributed by atoms with Crippen LogP contribution in [0, 0.1) is 28.6 Å². The zero-order chi connectivity index (χ0) is 44.3. The summed E-state index contributed by atoms with van der Waals surface area (Å²) in [4.78, 5) is 70.9. The van der Waals surface area contributed by atoms with E-state index in [0.29, 0.717) is 24.6 Å². The highest BCUT2D eigenvalue weighted by Gasteiger charge is 2.58. The molecule has 0 unspecified atom stereocenters. The molecule has 1 aliphatic heterocycles. The molecule has 322 valence electrons. The normalized spacial score (nSPS) is 16.7. The molecular formula is C47H53N9O6. The molecule has 15 nitrogen and oxygen atoms in total. The number of nitriles is 1. The van der Waals surface area contributed by atoms with Crippen molar-refractivity contribution in [3.63, 3.8) is 0 Å². The fraction of sp³-hybridized carbons (Fsp3) is 0.383. The number of alkyl carbamates (subject to hydrolysis) is 2. The molecule has 2 aromatic heterocycles. The predicted molar refractivity (Wildman–Crippen MR) is 234 cm³/mol. The standard InChI is InChI=1S/C47H53N9O6/c1-8-36(53-45(59)61-6)43(57)55(24-28(4)21-48)25-39-49-22-38(51-39)35-16-15-33-19-32(13-14-34(33)20-35)30-9-11-31(12-10-30)37-23-50-42(52-37)41-29(5)47(17-18-47)26-56(41)44(58)40(27(2)3)54-46(60)62-7/h9-16,19-20,22-23,27-28,36,40-41H,5,8,17-18,24-26H2,1-4,6-7H3,(H,49,51)(H,50,52)(H,53,59)(H,54,60)/t28-,36+,40+,41+/m1/s1. The van der Waals surface area contributed by atoms with Crippen LogP contribution in [0.1, 0.15) is 64.6 Å². The number of nitrogens with one attached hydrogen (secondary N) is 4. The van der Waals surface area contributed by atoms with Gasteiger partial charge < -0.3 is 39.9 Å². The van der Waals surface area contributed by atoms with Crippen LogP contribution in [0.15, 0.2) is 85.2 Å². The number of aromatic nitrogens is 4. The van der Waals surface area contributed by atoms with E-state index in [-0.39, 0.29) is 36.2 Å². The number of rotatable bonds is 14. The van der Waals surface area contributed by atoms with Crippen LogP contribution in [0.3, 0.4) is 0 Å². The smallest absolute Gasteiger partial charge is 0.407 e. The van der Waals surface area contributed by atoms with Gasteiger partial charge in [-0.05, 0) is 77.3 Å². The zero-order valence-corrected chi connectivity index (χ0v) is 36.0. The van der Waals surface area contributed by atoms with Crippen LogP contribution in [0.4, 0.5) is 9.59 Å². The molecular weight excluding hydrogens is 787 g/mol. The highest BCUT2D eigenvalue weighted by Crippen LogP contribution is 2.61. The second-order valence-corrected chi connectivity index (χ2v) is 16.7. The number of fused-ring (bicyclic) bond motifs is 1. The first-order valence-electron chi connectivity index (χ1n) is 20.9. The maximum Gasteiger partial charge on any atom is 0.407 e. The molecule has 3 aromatic carbocycles. The maximum absolute atomic E-state index is 14.0. The van der Waals surface area contributed by atoms with Gasteiger partial charge in [0, 0.05) is 24.1 Å². The van der Waals surface area contributed by atoms with E-state index < -0.39 is 36.2 Å². The van der Waals surface area contributed by atoms with Gasteiger partial charge in [-0.1, -0.05) is 75.9 Å². The van der Waals surface area contributed by atoms with Gasteiger partial charge in [-0.2, -0.15) is 5.26 Å². The van der Waals surface area contributed by atoms with Gasteiger partial charge in [0.1, 0.15) is 29.8 Å². The van der Waals surface area contributed by atoms with E-state index in [2.05, 4.69) is 80.7 Å². The van der Waals surface area contributed by atoms with Gasteiger partial charge in [-0.25, -0.2) is 19.6 Å². The third kappa shape index (κ3) is 8.90. The lowest BCUT2D eigenvalue weighted by atomic mass is 9.96. The Labute approximate surface area is 360 Å². The molecule has 3 heterocycles.